The monoisotopic (exact) mass is 263 g/mol. The molecular formula is C19H21N. The van der Waals surface area contributed by atoms with Gasteiger partial charge in [0.2, 0.25) is 0 Å². The molecule has 2 unspecified atom stereocenters. The average Bonchev–Trinajstić information content (AvgIpc) is 2.53. The van der Waals surface area contributed by atoms with Gasteiger partial charge in [-0.25, -0.2) is 0 Å². The van der Waals surface area contributed by atoms with Gasteiger partial charge in [-0.15, -0.1) is 0 Å². The summed E-state index contributed by atoms with van der Waals surface area (Å²) in [6.45, 7) is 0. The van der Waals surface area contributed by atoms with Crippen molar-refractivity contribution in [2.45, 2.75) is 44.2 Å². The SMILES string of the molecule is C1=CCC2NC3CCCCC3=C(c3ccccc3)C2=C1. The lowest BCUT2D eigenvalue weighted by atomic mass is 9.75. The zero-order valence-corrected chi connectivity index (χ0v) is 11.8. The van der Waals surface area contributed by atoms with Gasteiger partial charge < -0.3 is 5.32 Å². The van der Waals surface area contributed by atoms with Crippen LogP contribution < -0.4 is 5.32 Å². The summed E-state index contributed by atoms with van der Waals surface area (Å²) < 4.78 is 0. The molecule has 0 bridgehead atoms. The molecule has 0 saturated heterocycles. The minimum Gasteiger partial charge on any atom is -0.303 e. The zero-order chi connectivity index (χ0) is 13.4. The summed E-state index contributed by atoms with van der Waals surface area (Å²) in [5, 5.41) is 3.88. The lowest BCUT2D eigenvalue weighted by molar-refractivity contribution is 0.411. The summed E-state index contributed by atoms with van der Waals surface area (Å²) in [5.41, 5.74) is 6.11. The number of allylic oxidation sites excluding steroid dienone is 2. The van der Waals surface area contributed by atoms with Gasteiger partial charge in [0.25, 0.3) is 0 Å². The minimum absolute atomic E-state index is 0.516. The Morgan fingerprint density at radius 1 is 1.00 bits per heavy atom. The van der Waals surface area contributed by atoms with E-state index >= 15 is 0 Å². The summed E-state index contributed by atoms with van der Waals surface area (Å²) in [6, 6.07) is 12.1. The highest BCUT2D eigenvalue weighted by Crippen LogP contribution is 2.41. The van der Waals surface area contributed by atoms with Crippen molar-refractivity contribution in [3.05, 3.63) is 65.3 Å². The molecular weight excluding hydrogens is 242 g/mol. The average molecular weight is 263 g/mol. The van der Waals surface area contributed by atoms with Crippen LogP contribution in [0.4, 0.5) is 0 Å². The molecule has 3 aliphatic rings. The van der Waals surface area contributed by atoms with Crippen LogP contribution in [0.2, 0.25) is 0 Å². The minimum atomic E-state index is 0.516. The first-order chi connectivity index (χ1) is 9.93. The van der Waals surface area contributed by atoms with E-state index in [2.05, 4.69) is 53.9 Å². The molecule has 2 aliphatic carbocycles. The van der Waals surface area contributed by atoms with Gasteiger partial charge in [0.1, 0.15) is 0 Å². The highest BCUT2D eigenvalue weighted by Gasteiger charge is 2.33. The second kappa shape index (κ2) is 5.06. The van der Waals surface area contributed by atoms with Crippen LogP contribution in [0.3, 0.4) is 0 Å². The van der Waals surface area contributed by atoms with Crippen LogP contribution in [-0.2, 0) is 0 Å². The molecule has 102 valence electrons. The van der Waals surface area contributed by atoms with Crippen LogP contribution in [0.5, 0.6) is 0 Å². The quantitative estimate of drug-likeness (QED) is 0.799. The molecule has 1 aromatic carbocycles. The molecule has 0 amide bonds. The maximum Gasteiger partial charge on any atom is 0.0366 e. The Morgan fingerprint density at radius 3 is 2.80 bits per heavy atom. The van der Waals surface area contributed by atoms with Gasteiger partial charge in [0, 0.05) is 12.1 Å². The number of rotatable bonds is 1. The molecule has 1 heterocycles. The largest absolute Gasteiger partial charge is 0.303 e. The number of hydrogen-bond acceptors (Lipinski definition) is 1. The number of hydrogen-bond donors (Lipinski definition) is 1. The second-order valence-corrected chi connectivity index (χ2v) is 6.07. The van der Waals surface area contributed by atoms with Crippen molar-refractivity contribution in [3.63, 3.8) is 0 Å². The Morgan fingerprint density at radius 2 is 1.90 bits per heavy atom. The highest BCUT2D eigenvalue weighted by molar-refractivity contribution is 5.85. The van der Waals surface area contributed by atoms with E-state index in [1.807, 2.05) is 0 Å². The van der Waals surface area contributed by atoms with Crippen LogP contribution in [0.15, 0.2) is 59.7 Å². The van der Waals surface area contributed by atoms with Crippen molar-refractivity contribution in [1.29, 1.82) is 0 Å². The Balaban J connectivity index is 1.89. The van der Waals surface area contributed by atoms with Crippen LogP contribution in [-0.4, -0.2) is 12.1 Å². The number of nitrogens with one attached hydrogen (secondary N) is 1. The highest BCUT2D eigenvalue weighted by atomic mass is 15.0. The van der Waals surface area contributed by atoms with E-state index in [1.54, 1.807) is 11.1 Å². The van der Waals surface area contributed by atoms with Crippen molar-refractivity contribution >= 4 is 5.57 Å². The molecule has 1 N–H and O–H groups in total. The lowest BCUT2D eigenvalue weighted by Crippen LogP contribution is -2.46. The first-order valence-corrected chi connectivity index (χ1v) is 7.85. The third kappa shape index (κ3) is 1.97. The molecule has 1 fully saturated rings. The van der Waals surface area contributed by atoms with E-state index in [9.17, 15) is 0 Å². The standard InChI is InChI=1S/C19H21N/c1-2-8-14(9-3-1)19-15-10-4-6-12-17(15)20-18-13-7-5-11-16(18)19/h1-4,6,8-10,17-18,20H,5,7,11-13H2. The van der Waals surface area contributed by atoms with Gasteiger partial charge in [0.05, 0.1) is 0 Å². The lowest BCUT2D eigenvalue weighted by Gasteiger charge is -2.40. The molecule has 0 radical (unpaired) electrons. The van der Waals surface area contributed by atoms with E-state index in [-0.39, 0.29) is 0 Å². The van der Waals surface area contributed by atoms with Gasteiger partial charge in [-0.1, -0.05) is 55.0 Å². The molecule has 1 saturated carbocycles. The third-order valence-electron chi connectivity index (χ3n) is 4.84. The third-order valence-corrected chi connectivity index (χ3v) is 4.84. The Labute approximate surface area is 121 Å². The Kier molecular flexibility index (Phi) is 3.08. The van der Waals surface area contributed by atoms with Gasteiger partial charge >= 0.3 is 0 Å². The van der Waals surface area contributed by atoms with E-state index < -0.39 is 0 Å². The van der Waals surface area contributed by atoms with Crippen LogP contribution in [0.25, 0.3) is 5.57 Å². The first-order valence-electron chi connectivity index (χ1n) is 7.85. The first kappa shape index (κ1) is 12.2. The van der Waals surface area contributed by atoms with Crippen LogP contribution >= 0.6 is 0 Å². The van der Waals surface area contributed by atoms with Crippen molar-refractivity contribution in [2.75, 3.05) is 0 Å². The summed E-state index contributed by atoms with van der Waals surface area (Å²) in [5.74, 6) is 0. The fourth-order valence-electron chi connectivity index (χ4n) is 3.93. The zero-order valence-electron chi connectivity index (χ0n) is 11.8. The molecule has 20 heavy (non-hydrogen) atoms. The van der Waals surface area contributed by atoms with Crippen molar-refractivity contribution in [1.82, 2.24) is 5.32 Å². The van der Waals surface area contributed by atoms with E-state index in [1.165, 1.54) is 36.8 Å². The van der Waals surface area contributed by atoms with Crippen molar-refractivity contribution < 1.29 is 0 Å². The van der Waals surface area contributed by atoms with E-state index in [4.69, 9.17) is 0 Å². The molecule has 0 aromatic heterocycles. The molecule has 1 heteroatoms. The topological polar surface area (TPSA) is 12.0 Å². The van der Waals surface area contributed by atoms with Crippen molar-refractivity contribution in [2.24, 2.45) is 0 Å². The molecule has 4 rings (SSSR count). The van der Waals surface area contributed by atoms with Gasteiger partial charge in [0.15, 0.2) is 0 Å². The van der Waals surface area contributed by atoms with Gasteiger partial charge in [-0.05, 0) is 48.0 Å². The fraction of sp³-hybridized carbons (Fsp3) is 0.368. The Hall–Kier alpha value is -1.60. The number of benzene rings is 1. The normalized spacial score (nSPS) is 28.7. The van der Waals surface area contributed by atoms with E-state index in [0.29, 0.717) is 12.1 Å². The maximum absolute atomic E-state index is 3.88. The molecule has 1 aliphatic heterocycles. The molecule has 1 aromatic rings. The molecule has 0 spiro atoms. The van der Waals surface area contributed by atoms with Crippen LogP contribution in [0, 0.1) is 0 Å². The van der Waals surface area contributed by atoms with Gasteiger partial charge in [-0.2, -0.15) is 0 Å². The predicted octanol–water partition coefficient (Wildman–Crippen LogP) is 4.24. The second-order valence-electron chi connectivity index (χ2n) is 6.07. The fourth-order valence-corrected chi connectivity index (χ4v) is 3.93. The van der Waals surface area contributed by atoms with Gasteiger partial charge in [-0.3, -0.25) is 0 Å². The summed E-state index contributed by atoms with van der Waals surface area (Å²) in [7, 11) is 0. The predicted molar refractivity (Wildman–Crippen MR) is 84.4 cm³/mol. The molecule has 1 nitrogen and oxygen atoms in total. The summed E-state index contributed by atoms with van der Waals surface area (Å²) in [4.78, 5) is 0. The Bertz CT molecular complexity index is 591. The summed E-state index contributed by atoms with van der Waals surface area (Å²) in [6.07, 6.45) is 13.2. The smallest absolute Gasteiger partial charge is 0.0366 e. The van der Waals surface area contributed by atoms with Crippen molar-refractivity contribution in [3.8, 4) is 0 Å². The van der Waals surface area contributed by atoms with Crippen LogP contribution in [0.1, 0.15) is 37.7 Å². The number of fused-ring (bicyclic) bond motifs is 2. The maximum atomic E-state index is 3.88. The molecule has 2 atom stereocenters. The van der Waals surface area contributed by atoms with E-state index in [0.717, 1.165) is 6.42 Å². The summed E-state index contributed by atoms with van der Waals surface area (Å²) >= 11 is 0.